The molecule has 0 spiro atoms. The lowest BCUT2D eigenvalue weighted by Crippen LogP contribution is -2.54. The zero-order valence-corrected chi connectivity index (χ0v) is 10.3. The molecule has 0 heterocycles. The molecular formula is C8H18N2O4S. The van der Waals surface area contributed by atoms with E-state index >= 15 is 0 Å². The van der Waals surface area contributed by atoms with E-state index in [1.54, 1.807) is 0 Å². The molecule has 0 bridgehead atoms. The molecule has 90 valence electrons. The standard InChI is InChI=1S/C8H18N2O4S/c1-5-6-9-15(13,14)10(4)8(2,3)7(11)12/h9H,5-6H2,1-4H3,(H,11,12). The zero-order chi connectivity index (χ0) is 12.3. The maximum Gasteiger partial charge on any atom is 0.324 e. The van der Waals surface area contributed by atoms with Gasteiger partial charge in [0, 0.05) is 13.6 Å². The van der Waals surface area contributed by atoms with Gasteiger partial charge in [-0.05, 0) is 20.3 Å². The summed E-state index contributed by atoms with van der Waals surface area (Å²) < 4.78 is 26.3. The van der Waals surface area contributed by atoms with Crippen molar-refractivity contribution < 1.29 is 18.3 Å². The maximum atomic E-state index is 11.6. The van der Waals surface area contributed by atoms with E-state index in [0.717, 1.165) is 4.31 Å². The molecule has 6 nitrogen and oxygen atoms in total. The van der Waals surface area contributed by atoms with Gasteiger partial charge >= 0.3 is 5.97 Å². The zero-order valence-electron chi connectivity index (χ0n) is 9.44. The molecule has 0 aliphatic rings. The van der Waals surface area contributed by atoms with Crippen molar-refractivity contribution in [2.75, 3.05) is 13.6 Å². The number of aliphatic carboxylic acids is 1. The lowest BCUT2D eigenvalue weighted by Gasteiger charge is -2.30. The number of nitrogens with one attached hydrogen (secondary N) is 1. The number of carboxylic acid groups (broad SMARTS) is 1. The Balaban J connectivity index is 4.84. The van der Waals surface area contributed by atoms with Crippen LogP contribution in [0, 0.1) is 0 Å². The van der Waals surface area contributed by atoms with Gasteiger partial charge in [0.2, 0.25) is 0 Å². The van der Waals surface area contributed by atoms with Crippen molar-refractivity contribution in [3.63, 3.8) is 0 Å². The summed E-state index contributed by atoms with van der Waals surface area (Å²) in [4.78, 5) is 10.8. The van der Waals surface area contributed by atoms with Crippen LogP contribution in [-0.4, -0.2) is 42.9 Å². The van der Waals surface area contributed by atoms with Crippen molar-refractivity contribution in [3.8, 4) is 0 Å². The van der Waals surface area contributed by atoms with E-state index in [9.17, 15) is 13.2 Å². The summed E-state index contributed by atoms with van der Waals surface area (Å²) in [7, 11) is -2.48. The number of likely N-dealkylation sites (N-methyl/N-ethyl adjacent to an activating group) is 1. The average Bonchev–Trinajstić information content (AvgIpc) is 2.13. The van der Waals surface area contributed by atoms with Gasteiger partial charge in [-0.15, -0.1) is 0 Å². The number of carbonyl (C=O) groups is 1. The highest BCUT2D eigenvalue weighted by Gasteiger charge is 2.38. The summed E-state index contributed by atoms with van der Waals surface area (Å²) >= 11 is 0. The van der Waals surface area contributed by atoms with Crippen LogP contribution in [0.1, 0.15) is 27.2 Å². The molecule has 0 fully saturated rings. The van der Waals surface area contributed by atoms with Crippen molar-refractivity contribution in [2.24, 2.45) is 0 Å². The molecule has 0 aromatic rings. The number of rotatable bonds is 6. The molecule has 15 heavy (non-hydrogen) atoms. The van der Waals surface area contributed by atoms with Gasteiger partial charge in [-0.3, -0.25) is 4.79 Å². The average molecular weight is 238 g/mol. The molecule has 0 aromatic heterocycles. The van der Waals surface area contributed by atoms with Crippen LogP contribution in [0.3, 0.4) is 0 Å². The molecule has 0 aromatic carbocycles. The van der Waals surface area contributed by atoms with E-state index < -0.39 is 21.7 Å². The second kappa shape index (κ2) is 4.91. The third kappa shape index (κ3) is 3.44. The van der Waals surface area contributed by atoms with Gasteiger partial charge in [-0.25, -0.2) is 4.72 Å². The first-order valence-electron chi connectivity index (χ1n) is 4.63. The molecular weight excluding hydrogens is 220 g/mol. The van der Waals surface area contributed by atoms with Crippen molar-refractivity contribution in [3.05, 3.63) is 0 Å². The number of hydrogen-bond acceptors (Lipinski definition) is 3. The van der Waals surface area contributed by atoms with E-state index in [1.165, 1.54) is 20.9 Å². The van der Waals surface area contributed by atoms with Crippen LogP contribution in [0.4, 0.5) is 0 Å². The molecule has 0 atom stereocenters. The topological polar surface area (TPSA) is 86.7 Å². The predicted octanol–water partition coefficient (Wildman–Crippen LogP) is 0.0258. The SMILES string of the molecule is CCCNS(=O)(=O)N(C)C(C)(C)C(=O)O. The molecule has 2 N–H and O–H groups in total. The van der Waals surface area contributed by atoms with E-state index in [2.05, 4.69) is 4.72 Å². The third-order valence-electron chi connectivity index (χ3n) is 2.21. The van der Waals surface area contributed by atoms with Gasteiger partial charge in [-0.1, -0.05) is 6.92 Å². The minimum atomic E-state index is -3.72. The van der Waals surface area contributed by atoms with E-state index in [0.29, 0.717) is 13.0 Å². The van der Waals surface area contributed by atoms with Crippen LogP contribution in [0.25, 0.3) is 0 Å². The Morgan fingerprint density at radius 2 is 1.93 bits per heavy atom. The Morgan fingerprint density at radius 3 is 2.27 bits per heavy atom. The van der Waals surface area contributed by atoms with Gasteiger partial charge in [0.25, 0.3) is 10.2 Å². The Hall–Kier alpha value is -0.660. The summed E-state index contributed by atoms with van der Waals surface area (Å²) in [6.45, 7) is 4.79. The monoisotopic (exact) mass is 238 g/mol. The van der Waals surface area contributed by atoms with Crippen molar-refractivity contribution in [1.82, 2.24) is 9.03 Å². The summed E-state index contributed by atoms with van der Waals surface area (Å²) in [6.07, 6.45) is 0.653. The Kier molecular flexibility index (Phi) is 4.69. The van der Waals surface area contributed by atoms with E-state index in [4.69, 9.17) is 5.11 Å². The first-order valence-corrected chi connectivity index (χ1v) is 6.07. The van der Waals surface area contributed by atoms with Crippen LogP contribution >= 0.6 is 0 Å². The van der Waals surface area contributed by atoms with E-state index in [-0.39, 0.29) is 0 Å². The van der Waals surface area contributed by atoms with Crippen LogP contribution in [0.15, 0.2) is 0 Å². The first kappa shape index (κ1) is 14.3. The number of nitrogens with zero attached hydrogens (tertiary/aromatic N) is 1. The van der Waals surface area contributed by atoms with Gasteiger partial charge < -0.3 is 5.11 Å². The largest absolute Gasteiger partial charge is 0.480 e. The molecule has 0 saturated heterocycles. The highest BCUT2D eigenvalue weighted by molar-refractivity contribution is 7.87. The van der Waals surface area contributed by atoms with Gasteiger partial charge in [-0.2, -0.15) is 12.7 Å². The minimum Gasteiger partial charge on any atom is -0.480 e. The Bertz CT molecular complexity index is 324. The van der Waals surface area contributed by atoms with Crippen LogP contribution in [0.5, 0.6) is 0 Å². The fourth-order valence-corrected chi connectivity index (χ4v) is 2.10. The van der Waals surface area contributed by atoms with Crippen molar-refractivity contribution in [1.29, 1.82) is 0 Å². The normalized spacial score (nSPS) is 13.1. The highest BCUT2D eigenvalue weighted by Crippen LogP contribution is 2.15. The third-order valence-corrected chi connectivity index (χ3v) is 3.95. The minimum absolute atomic E-state index is 0.294. The fourth-order valence-electron chi connectivity index (χ4n) is 0.763. The molecule has 0 aliphatic heterocycles. The Morgan fingerprint density at radius 1 is 1.47 bits per heavy atom. The molecule has 0 saturated carbocycles. The lowest BCUT2D eigenvalue weighted by atomic mass is 10.1. The molecule has 0 rings (SSSR count). The van der Waals surface area contributed by atoms with Gasteiger partial charge in [0.05, 0.1) is 0 Å². The van der Waals surface area contributed by atoms with Crippen LogP contribution in [-0.2, 0) is 15.0 Å². The molecule has 0 amide bonds. The summed E-state index contributed by atoms with van der Waals surface area (Å²) in [5.41, 5.74) is -1.46. The highest BCUT2D eigenvalue weighted by atomic mass is 32.2. The van der Waals surface area contributed by atoms with Crippen LogP contribution < -0.4 is 4.72 Å². The van der Waals surface area contributed by atoms with Crippen molar-refractivity contribution in [2.45, 2.75) is 32.7 Å². The smallest absolute Gasteiger partial charge is 0.324 e. The molecule has 0 radical (unpaired) electrons. The molecule has 0 unspecified atom stereocenters. The second-order valence-electron chi connectivity index (χ2n) is 3.73. The quantitative estimate of drug-likeness (QED) is 0.683. The fraction of sp³-hybridized carbons (Fsp3) is 0.875. The predicted molar refractivity (Wildman–Crippen MR) is 56.7 cm³/mol. The summed E-state index contributed by atoms with van der Waals surface area (Å²) in [6, 6.07) is 0. The van der Waals surface area contributed by atoms with Crippen LogP contribution in [0.2, 0.25) is 0 Å². The number of carboxylic acids is 1. The van der Waals surface area contributed by atoms with E-state index in [1.807, 2.05) is 6.92 Å². The molecule has 7 heteroatoms. The maximum absolute atomic E-state index is 11.6. The second-order valence-corrected chi connectivity index (χ2v) is 5.52. The lowest BCUT2D eigenvalue weighted by molar-refractivity contribution is -0.145. The molecule has 0 aliphatic carbocycles. The number of hydrogen-bond donors (Lipinski definition) is 2. The Labute approximate surface area is 90.5 Å². The van der Waals surface area contributed by atoms with Gasteiger partial charge in [0.1, 0.15) is 5.54 Å². The van der Waals surface area contributed by atoms with Gasteiger partial charge in [0.15, 0.2) is 0 Å². The first-order chi connectivity index (χ1) is 6.66. The summed E-state index contributed by atoms with van der Waals surface area (Å²) in [5, 5.41) is 8.87. The van der Waals surface area contributed by atoms with Crippen molar-refractivity contribution >= 4 is 16.2 Å². The summed E-state index contributed by atoms with van der Waals surface area (Å²) in [5.74, 6) is -1.19.